The van der Waals surface area contributed by atoms with E-state index < -0.39 is 11.9 Å². The van der Waals surface area contributed by atoms with Gasteiger partial charge >= 0.3 is 11.9 Å². The fourth-order valence-corrected chi connectivity index (χ4v) is 2.61. The number of allylic oxidation sites excluding steroid dienone is 2. The highest BCUT2D eigenvalue weighted by Gasteiger charge is 2.08. The van der Waals surface area contributed by atoms with Gasteiger partial charge in [-0.15, -0.1) is 0 Å². The number of ketones is 2. The number of esters is 2. The highest BCUT2D eigenvalue weighted by molar-refractivity contribution is 6.04. The second-order valence-corrected chi connectivity index (χ2v) is 6.91. The summed E-state index contributed by atoms with van der Waals surface area (Å²) in [5.74, 6) is -0.579. The lowest BCUT2D eigenvalue weighted by Crippen LogP contribution is -2.17. The number of ether oxygens (including phenoxy) is 4. The molecule has 0 N–H and O–H groups in total. The molecule has 0 aliphatic heterocycles. The van der Waals surface area contributed by atoms with Gasteiger partial charge in [0.1, 0.15) is 11.5 Å². The molecule has 0 aliphatic rings. The first-order valence-electron chi connectivity index (χ1n) is 10.5. The van der Waals surface area contributed by atoms with Crippen molar-refractivity contribution in [3.63, 3.8) is 0 Å². The zero-order valence-electron chi connectivity index (χ0n) is 18.7. The summed E-state index contributed by atoms with van der Waals surface area (Å²) in [7, 11) is 0. The van der Waals surface area contributed by atoms with E-state index >= 15 is 0 Å². The third-order valence-corrected chi connectivity index (χ3v) is 4.43. The van der Waals surface area contributed by atoms with Crippen molar-refractivity contribution in [2.24, 2.45) is 0 Å². The third kappa shape index (κ3) is 9.12. The Balaban J connectivity index is 1.52. The quantitative estimate of drug-likeness (QED) is 0.169. The first-order valence-corrected chi connectivity index (χ1v) is 10.5. The van der Waals surface area contributed by atoms with Crippen LogP contribution in [0.5, 0.6) is 11.5 Å². The Bertz CT molecular complexity index is 923. The van der Waals surface area contributed by atoms with Crippen LogP contribution in [0.15, 0.2) is 73.8 Å². The second kappa shape index (κ2) is 14.1. The molecule has 0 atom stereocenters. The van der Waals surface area contributed by atoms with Crippen LogP contribution >= 0.6 is 0 Å². The molecule has 0 spiro atoms. The van der Waals surface area contributed by atoms with Crippen molar-refractivity contribution in [3.05, 3.63) is 85.0 Å². The van der Waals surface area contributed by atoms with Gasteiger partial charge in [0.25, 0.3) is 0 Å². The smallest absolute Gasteiger partial charge is 0.344 e. The van der Waals surface area contributed by atoms with E-state index in [4.69, 9.17) is 18.9 Å². The van der Waals surface area contributed by atoms with Crippen LogP contribution in [0.4, 0.5) is 0 Å². The molecule has 0 unspecified atom stereocenters. The largest absolute Gasteiger partial charge is 0.482 e. The van der Waals surface area contributed by atoms with Crippen LogP contribution in [0, 0.1) is 0 Å². The topological polar surface area (TPSA) is 105 Å². The first-order chi connectivity index (χ1) is 16.4. The van der Waals surface area contributed by atoms with Crippen molar-refractivity contribution in [1.82, 2.24) is 0 Å². The van der Waals surface area contributed by atoms with Crippen molar-refractivity contribution in [2.45, 2.75) is 12.8 Å². The van der Waals surface area contributed by atoms with Crippen molar-refractivity contribution in [1.29, 1.82) is 0 Å². The van der Waals surface area contributed by atoms with Crippen molar-refractivity contribution >= 4 is 23.5 Å². The molecule has 178 valence electrons. The van der Waals surface area contributed by atoms with Crippen molar-refractivity contribution < 1.29 is 38.1 Å². The van der Waals surface area contributed by atoms with E-state index in [2.05, 4.69) is 13.2 Å². The highest BCUT2D eigenvalue weighted by Crippen LogP contribution is 2.14. The Morgan fingerprint density at radius 2 is 0.971 bits per heavy atom. The van der Waals surface area contributed by atoms with Crippen LogP contribution in [0.3, 0.4) is 0 Å². The van der Waals surface area contributed by atoms with Gasteiger partial charge in [-0.1, -0.05) is 13.2 Å². The molecule has 0 radical (unpaired) electrons. The number of unbranched alkanes of at least 4 members (excludes halogenated alkanes) is 1. The number of hydrogen-bond acceptors (Lipinski definition) is 8. The Morgan fingerprint density at radius 3 is 1.29 bits per heavy atom. The summed E-state index contributed by atoms with van der Waals surface area (Å²) >= 11 is 0. The summed E-state index contributed by atoms with van der Waals surface area (Å²) in [5, 5.41) is 0. The Morgan fingerprint density at radius 1 is 0.618 bits per heavy atom. The molecule has 8 nitrogen and oxygen atoms in total. The average Bonchev–Trinajstić information content (AvgIpc) is 2.87. The molecule has 0 fully saturated rings. The first kappa shape index (κ1) is 26.1. The standard InChI is InChI=1S/C26H26O8/c1-3-23(27)19-7-11-21(12-8-19)33-17-25(29)31-15-5-6-16-32-26(30)18-34-22-13-9-20(10-14-22)24(28)4-2/h3-4,7-14H,1-2,5-6,15-18H2. The third-order valence-electron chi connectivity index (χ3n) is 4.43. The van der Waals surface area contributed by atoms with Gasteiger partial charge in [-0.2, -0.15) is 0 Å². The van der Waals surface area contributed by atoms with Gasteiger partial charge in [-0.3, -0.25) is 9.59 Å². The molecule has 0 aliphatic carbocycles. The Hall–Kier alpha value is -4.20. The lowest BCUT2D eigenvalue weighted by molar-refractivity contribution is -0.148. The average molecular weight is 466 g/mol. The Kier molecular flexibility index (Phi) is 10.8. The van der Waals surface area contributed by atoms with E-state index in [1.165, 1.54) is 12.2 Å². The van der Waals surface area contributed by atoms with Gasteiger partial charge in [0.15, 0.2) is 24.8 Å². The lowest BCUT2D eigenvalue weighted by atomic mass is 10.1. The van der Waals surface area contributed by atoms with Crippen molar-refractivity contribution in [2.75, 3.05) is 26.4 Å². The summed E-state index contributed by atoms with van der Waals surface area (Å²) in [6.07, 6.45) is 3.46. The maximum Gasteiger partial charge on any atom is 0.344 e. The fraction of sp³-hybridized carbons (Fsp3) is 0.231. The van der Waals surface area contributed by atoms with Gasteiger partial charge in [0, 0.05) is 11.1 Å². The minimum absolute atomic E-state index is 0.165. The molecular formula is C26H26O8. The number of carbonyl (C=O) groups is 4. The molecule has 8 heteroatoms. The van der Waals surface area contributed by atoms with Gasteiger partial charge in [-0.05, 0) is 73.5 Å². The molecular weight excluding hydrogens is 440 g/mol. The highest BCUT2D eigenvalue weighted by atomic mass is 16.6. The van der Waals surface area contributed by atoms with Crippen molar-refractivity contribution in [3.8, 4) is 11.5 Å². The Labute approximate surface area is 197 Å². The van der Waals surface area contributed by atoms with Crippen LogP contribution < -0.4 is 9.47 Å². The molecule has 2 aromatic rings. The number of hydrogen-bond donors (Lipinski definition) is 0. The van der Waals surface area contributed by atoms with E-state index in [9.17, 15) is 19.2 Å². The molecule has 0 aromatic heterocycles. The molecule has 0 bridgehead atoms. The summed E-state index contributed by atoms with van der Waals surface area (Å²) in [5.41, 5.74) is 0.959. The van der Waals surface area contributed by atoms with Gasteiger partial charge in [0.05, 0.1) is 13.2 Å². The molecule has 0 amide bonds. The molecule has 2 rings (SSSR count). The lowest BCUT2D eigenvalue weighted by Gasteiger charge is -2.09. The SMILES string of the molecule is C=CC(=O)c1ccc(OCC(=O)OCCCCOC(=O)COc2ccc(C(=O)C=C)cc2)cc1. The normalized spacial score (nSPS) is 10.0. The minimum atomic E-state index is -0.530. The molecule has 0 heterocycles. The van der Waals surface area contributed by atoms with Gasteiger partial charge < -0.3 is 18.9 Å². The van der Waals surface area contributed by atoms with Crippen LogP contribution in [0.1, 0.15) is 33.6 Å². The maximum atomic E-state index is 11.7. The predicted octanol–water partition coefficient (Wildman–Crippen LogP) is 3.75. The summed E-state index contributed by atoms with van der Waals surface area (Å²) in [6.45, 7) is 6.65. The van der Waals surface area contributed by atoms with E-state index in [0.29, 0.717) is 35.5 Å². The molecule has 2 aromatic carbocycles. The van der Waals surface area contributed by atoms with E-state index in [-0.39, 0.29) is 38.0 Å². The summed E-state index contributed by atoms with van der Waals surface area (Å²) in [6, 6.07) is 12.7. The van der Waals surface area contributed by atoms with E-state index in [1.54, 1.807) is 48.5 Å². The van der Waals surface area contributed by atoms with Crippen LogP contribution in [0.25, 0.3) is 0 Å². The van der Waals surface area contributed by atoms with Crippen LogP contribution in [-0.4, -0.2) is 49.9 Å². The van der Waals surface area contributed by atoms with Crippen LogP contribution in [-0.2, 0) is 19.1 Å². The zero-order chi connectivity index (χ0) is 24.8. The molecule has 0 saturated carbocycles. The minimum Gasteiger partial charge on any atom is -0.482 e. The monoisotopic (exact) mass is 466 g/mol. The molecule has 34 heavy (non-hydrogen) atoms. The second-order valence-electron chi connectivity index (χ2n) is 6.91. The number of rotatable bonds is 15. The van der Waals surface area contributed by atoms with Crippen LogP contribution in [0.2, 0.25) is 0 Å². The van der Waals surface area contributed by atoms with Gasteiger partial charge in [0.2, 0.25) is 0 Å². The van der Waals surface area contributed by atoms with Gasteiger partial charge in [-0.25, -0.2) is 9.59 Å². The number of carbonyl (C=O) groups excluding carboxylic acids is 4. The maximum absolute atomic E-state index is 11.7. The van der Waals surface area contributed by atoms with E-state index in [0.717, 1.165) is 0 Å². The predicted molar refractivity (Wildman–Crippen MR) is 124 cm³/mol. The summed E-state index contributed by atoms with van der Waals surface area (Å²) in [4.78, 5) is 46.4. The zero-order valence-corrected chi connectivity index (χ0v) is 18.7. The molecule has 0 saturated heterocycles. The number of benzene rings is 2. The fourth-order valence-electron chi connectivity index (χ4n) is 2.61. The summed E-state index contributed by atoms with van der Waals surface area (Å²) < 4.78 is 20.8. The van der Waals surface area contributed by atoms with E-state index in [1.807, 2.05) is 0 Å².